The summed E-state index contributed by atoms with van der Waals surface area (Å²) in [6.07, 6.45) is 1.50. The van der Waals surface area contributed by atoms with Gasteiger partial charge in [-0.3, -0.25) is 4.79 Å². The van der Waals surface area contributed by atoms with Crippen molar-refractivity contribution in [2.45, 2.75) is 33.6 Å². The van der Waals surface area contributed by atoms with Crippen molar-refractivity contribution >= 4 is 22.6 Å². The number of halogens is 1. The highest BCUT2D eigenvalue weighted by Crippen LogP contribution is 2.33. The molecular weight excluding hydrogens is 419 g/mol. The van der Waals surface area contributed by atoms with E-state index in [1.165, 1.54) is 12.1 Å². The molecule has 0 aliphatic carbocycles. The first-order chi connectivity index (χ1) is 15.9. The number of anilines is 1. The lowest BCUT2D eigenvalue weighted by Gasteiger charge is -2.36. The van der Waals surface area contributed by atoms with E-state index in [9.17, 15) is 9.18 Å². The van der Waals surface area contributed by atoms with Gasteiger partial charge < -0.3 is 14.5 Å². The van der Waals surface area contributed by atoms with E-state index in [1.807, 2.05) is 30.0 Å². The third kappa shape index (κ3) is 5.07. The first kappa shape index (κ1) is 23.0. The first-order valence-corrected chi connectivity index (χ1v) is 11.5. The molecule has 33 heavy (non-hydrogen) atoms. The van der Waals surface area contributed by atoms with Crippen LogP contribution in [0.25, 0.3) is 22.3 Å². The van der Waals surface area contributed by atoms with Crippen LogP contribution in [0.5, 0.6) is 5.75 Å². The van der Waals surface area contributed by atoms with E-state index in [4.69, 9.17) is 14.7 Å². The van der Waals surface area contributed by atoms with Crippen molar-refractivity contribution in [3.63, 3.8) is 0 Å². The molecule has 0 N–H and O–H groups in total. The average Bonchev–Trinajstić information content (AvgIpc) is 2.81. The summed E-state index contributed by atoms with van der Waals surface area (Å²) in [7, 11) is 1.55. The minimum Gasteiger partial charge on any atom is -0.496 e. The van der Waals surface area contributed by atoms with Crippen LogP contribution in [0.4, 0.5) is 10.2 Å². The van der Waals surface area contributed by atoms with Crippen molar-refractivity contribution in [1.29, 1.82) is 0 Å². The maximum Gasteiger partial charge on any atom is 0.222 e. The summed E-state index contributed by atoms with van der Waals surface area (Å²) in [5.74, 6) is 2.12. The molecular formula is C26H31FN4O2. The molecule has 174 valence electrons. The summed E-state index contributed by atoms with van der Waals surface area (Å²) in [6.45, 7) is 8.99. The highest BCUT2D eigenvalue weighted by Gasteiger charge is 2.24. The van der Waals surface area contributed by atoms with Crippen molar-refractivity contribution in [2.24, 2.45) is 5.92 Å². The number of hydrogen-bond donors (Lipinski definition) is 0. The van der Waals surface area contributed by atoms with Gasteiger partial charge in [0.15, 0.2) is 5.82 Å². The number of piperazine rings is 1. The van der Waals surface area contributed by atoms with Crippen molar-refractivity contribution < 1.29 is 13.9 Å². The molecule has 1 aliphatic heterocycles. The molecule has 0 atom stereocenters. The lowest BCUT2D eigenvalue weighted by atomic mass is 10.1. The first-order valence-electron chi connectivity index (χ1n) is 11.5. The quantitative estimate of drug-likeness (QED) is 0.538. The summed E-state index contributed by atoms with van der Waals surface area (Å²) < 4.78 is 19.5. The number of ether oxygens (including phenoxy) is 1. The number of amides is 1. The van der Waals surface area contributed by atoms with Gasteiger partial charge in [0.05, 0.1) is 18.2 Å². The molecule has 2 heterocycles. The average molecular weight is 451 g/mol. The Bertz CT molecular complexity index is 1160. The molecule has 0 bridgehead atoms. The number of aryl methyl sites for hydroxylation is 1. The third-order valence-corrected chi connectivity index (χ3v) is 6.10. The molecule has 1 aromatic heterocycles. The van der Waals surface area contributed by atoms with Gasteiger partial charge in [0.1, 0.15) is 17.4 Å². The van der Waals surface area contributed by atoms with Crippen LogP contribution in [-0.2, 0) is 4.79 Å². The minimum atomic E-state index is -0.367. The smallest absolute Gasteiger partial charge is 0.222 e. The highest BCUT2D eigenvalue weighted by atomic mass is 19.1. The lowest BCUT2D eigenvalue weighted by molar-refractivity contribution is -0.131. The van der Waals surface area contributed by atoms with E-state index in [-0.39, 0.29) is 11.7 Å². The Labute approximate surface area is 194 Å². The molecule has 1 saturated heterocycles. The topological polar surface area (TPSA) is 58.6 Å². The lowest BCUT2D eigenvalue weighted by Crippen LogP contribution is -2.49. The molecule has 2 aromatic carbocycles. The molecule has 0 saturated carbocycles. The van der Waals surface area contributed by atoms with E-state index in [2.05, 4.69) is 18.7 Å². The van der Waals surface area contributed by atoms with E-state index in [1.54, 1.807) is 13.2 Å². The van der Waals surface area contributed by atoms with Crippen LogP contribution >= 0.6 is 0 Å². The second-order valence-electron chi connectivity index (χ2n) is 9.04. The number of methoxy groups -OCH3 is 1. The maximum absolute atomic E-state index is 14.1. The number of nitrogens with zero attached hydrogens (tertiary/aromatic N) is 4. The molecule has 1 aliphatic rings. The highest BCUT2D eigenvalue weighted by molar-refractivity contribution is 5.92. The predicted molar refractivity (Wildman–Crippen MR) is 129 cm³/mol. The molecule has 0 unspecified atom stereocenters. The third-order valence-electron chi connectivity index (χ3n) is 6.10. The number of aromatic nitrogens is 2. The molecule has 0 spiro atoms. The summed E-state index contributed by atoms with van der Waals surface area (Å²) in [4.78, 5) is 26.3. The maximum atomic E-state index is 14.1. The van der Waals surface area contributed by atoms with Gasteiger partial charge in [-0.1, -0.05) is 19.9 Å². The van der Waals surface area contributed by atoms with Crippen LogP contribution in [0, 0.1) is 18.7 Å². The Hall–Kier alpha value is -3.22. The van der Waals surface area contributed by atoms with Crippen molar-refractivity contribution in [2.75, 3.05) is 38.2 Å². The minimum absolute atomic E-state index is 0.219. The number of hydrogen-bond acceptors (Lipinski definition) is 5. The van der Waals surface area contributed by atoms with Crippen LogP contribution < -0.4 is 9.64 Å². The Morgan fingerprint density at radius 2 is 1.85 bits per heavy atom. The Balaban J connectivity index is 1.67. The van der Waals surface area contributed by atoms with E-state index >= 15 is 0 Å². The van der Waals surface area contributed by atoms with Crippen LogP contribution in [0.3, 0.4) is 0 Å². The van der Waals surface area contributed by atoms with E-state index in [0.717, 1.165) is 28.7 Å². The second kappa shape index (κ2) is 9.73. The van der Waals surface area contributed by atoms with Gasteiger partial charge in [-0.25, -0.2) is 14.4 Å². The van der Waals surface area contributed by atoms with E-state index in [0.29, 0.717) is 55.7 Å². The van der Waals surface area contributed by atoms with Gasteiger partial charge in [-0.15, -0.1) is 0 Å². The van der Waals surface area contributed by atoms with Crippen molar-refractivity contribution in [1.82, 2.24) is 14.9 Å². The zero-order valence-electron chi connectivity index (χ0n) is 19.8. The SMILES string of the molecule is COc1ccc(F)cc1-c1nc(N2CCN(C(=O)CCC(C)C)CC2)c2ccc(C)cc2n1. The number of rotatable bonds is 6. The zero-order valence-corrected chi connectivity index (χ0v) is 19.8. The Morgan fingerprint density at radius 3 is 2.55 bits per heavy atom. The molecule has 3 aromatic rings. The molecule has 1 fully saturated rings. The van der Waals surface area contributed by atoms with E-state index < -0.39 is 0 Å². The number of carbonyl (C=O) groups is 1. The fourth-order valence-corrected chi connectivity index (χ4v) is 4.18. The predicted octanol–water partition coefficient (Wildman–Crippen LogP) is 4.84. The Morgan fingerprint density at radius 1 is 1.09 bits per heavy atom. The summed E-state index contributed by atoms with van der Waals surface area (Å²) >= 11 is 0. The molecule has 4 rings (SSSR count). The molecule has 7 heteroatoms. The second-order valence-corrected chi connectivity index (χ2v) is 9.04. The fraction of sp³-hybridized carbons (Fsp3) is 0.423. The van der Waals surface area contributed by atoms with Crippen LogP contribution in [-0.4, -0.2) is 54.1 Å². The number of carbonyl (C=O) groups excluding carboxylic acids is 1. The van der Waals surface area contributed by atoms with Gasteiger partial charge >= 0.3 is 0 Å². The van der Waals surface area contributed by atoms with Gasteiger partial charge in [-0.05, 0) is 55.2 Å². The van der Waals surface area contributed by atoms with Crippen LogP contribution in [0.1, 0.15) is 32.3 Å². The van der Waals surface area contributed by atoms with Crippen LogP contribution in [0.2, 0.25) is 0 Å². The Kier molecular flexibility index (Phi) is 6.77. The molecule has 1 amide bonds. The fourth-order valence-electron chi connectivity index (χ4n) is 4.18. The van der Waals surface area contributed by atoms with Crippen molar-refractivity contribution in [3.8, 4) is 17.1 Å². The van der Waals surface area contributed by atoms with Crippen LogP contribution in [0.15, 0.2) is 36.4 Å². The normalized spacial score (nSPS) is 14.2. The monoisotopic (exact) mass is 450 g/mol. The zero-order chi connectivity index (χ0) is 23.5. The standard InChI is InChI=1S/C26H31FN4O2/c1-17(2)5-10-24(32)30-11-13-31(14-12-30)26-20-8-6-18(3)15-22(20)28-25(29-26)21-16-19(27)7-9-23(21)33-4/h6-9,15-17H,5,10-14H2,1-4H3. The van der Waals surface area contributed by atoms with Crippen molar-refractivity contribution in [3.05, 3.63) is 47.8 Å². The summed E-state index contributed by atoms with van der Waals surface area (Å²) in [6, 6.07) is 10.5. The van der Waals surface area contributed by atoms with Gasteiger partial charge in [-0.2, -0.15) is 0 Å². The van der Waals surface area contributed by atoms with Gasteiger partial charge in [0.2, 0.25) is 5.91 Å². The molecule has 6 nitrogen and oxygen atoms in total. The number of benzene rings is 2. The summed E-state index contributed by atoms with van der Waals surface area (Å²) in [5, 5.41) is 0.944. The summed E-state index contributed by atoms with van der Waals surface area (Å²) in [5.41, 5.74) is 2.41. The molecule has 0 radical (unpaired) electrons. The van der Waals surface area contributed by atoms with Gasteiger partial charge in [0.25, 0.3) is 0 Å². The van der Waals surface area contributed by atoms with Gasteiger partial charge in [0, 0.05) is 38.0 Å². The number of fused-ring (bicyclic) bond motifs is 1. The largest absolute Gasteiger partial charge is 0.496 e.